The number of carbonyl (C=O) groups is 1. The van der Waals surface area contributed by atoms with Crippen LogP contribution in [0.4, 0.5) is 11.4 Å². The van der Waals surface area contributed by atoms with Gasteiger partial charge in [0.05, 0.1) is 18.3 Å². The van der Waals surface area contributed by atoms with Crippen LogP contribution in [0.1, 0.15) is 75.0 Å². The minimum atomic E-state index is -0.455. The number of ether oxygens (including phenoxy) is 1. The molecule has 0 saturated heterocycles. The fourth-order valence-electron chi connectivity index (χ4n) is 6.33. The van der Waals surface area contributed by atoms with Crippen LogP contribution in [0.25, 0.3) is 5.57 Å². The maximum absolute atomic E-state index is 13.8. The van der Waals surface area contributed by atoms with E-state index in [2.05, 4.69) is 95.4 Å². The fourth-order valence-corrected chi connectivity index (χ4v) is 6.33. The van der Waals surface area contributed by atoms with Crippen LogP contribution in [0.3, 0.4) is 0 Å². The zero-order valence-corrected chi connectivity index (χ0v) is 22.4. The quantitative estimate of drug-likeness (QED) is 0.424. The van der Waals surface area contributed by atoms with Gasteiger partial charge >= 0.3 is 0 Å². The minimum Gasteiger partial charge on any atom is -0.497 e. The molecule has 0 spiro atoms. The molecule has 0 saturated carbocycles. The third-order valence-electron chi connectivity index (χ3n) is 7.78. The van der Waals surface area contributed by atoms with Gasteiger partial charge in [0.1, 0.15) is 5.75 Å². The van der Waals surface area contributed by atoms with Gasteiger partial charge in [0.2, 0.25) is 0 Å². The van der Waals surface area contributed by atoms with Crippen molar-refractivity contribution in [1.29, 1.82) is 0 Å². The van der Waals surface area contributed by atoms with Crippen LogP contribution in [0.2, 0.25) is 0 Å². The highest BCUT2D eigenvalue weighted by molar-refractivity contribution is 6.10. The molecule has 0 fully saturated rings. The highest BCUT2D eigenvalue weighted by Crippen LogP contribution is 2.49. The Labute approximate surface area is 215 Å². The number of allylic oxidation sites excluding steroid dienone is 1. The number of nitrogens with zero attached hydrogens (tertiary/aromatic N) is 1. The Morgan fingerprint density at radius 1 is 0.944 bits per heavy atom. The Bertz CT molecular complexity index is 1370. The predicted molar refractivity (Wildman–Crippen MR) is 149 cm³/mol. The average molecular weight is 481 g/mol. The van der Waals surface area contributed by atoms with Crippen molar-refractivity contribution in [2.75, 3.05) is 17.3 Å². The second kappa shape index (κ2) is 8.26. The van der Waals surface area contributed by atoms with E-state index in [1.165, 1.54) is 22.4 Å². The molecule has 2 aliphatic rings. The molecule has 1 N–H and O–H groups in total. The second-order valence-corrected chi connectivity index (χ2v) is 11.6. The first-order chi connectivity index (χ1) is 16.9. The molecular formula is C32H36N2O2. The number of carbonyl (C=O) groups excluding carboxylic acids is 1. The lowest BCUT2D eigenvalue weighted by atomic mass is 9.65. The fraction of sp³-hybridized carbons (Fsp3) is 0.344. The highest BCUT2D eigenvalue weighted by Gasteiger charge is 2.43. The number of methoxy groups -OCH3 is 1. The Balaban J connectivity index is 1.62. The number of fused-ring (bicyclic) bond motifs is 2. The smallest absolute Gasteiger partial charge is 0.259 e. The SMILES string of the molecule is COc1ccc(C(=O)N2c3ccc(C4(C)CC(C)(C)Nc5ccccc54)cc3C(C)=CC2(C)C)cc1. The van der Waals surface area contributed by atoms with E-state index in [1.54, 1.807) is 7.11 Å². The first-order valence-corrected chi connectivity index (χ1v) is 12.7. The van der Waals surface area contributed by atoms with Gasteiger partial charge in [-0.1, -0.05) is 37.3 Å². The first kappa shape index (κ1) is 24.2. The van der Waals surface area contributed by atoms with Crippen molar-refractivity contribution < 1.29 is 9.53 Å². The number of anilines is 2. The Kier molecular flexibility index (Phi) is 5.55. The molecular weight excluding hydrogens is 444 g/mol. The van der Waals surface area contributed by atoms with E-state index in [9.17, 15) is 4.79 Å². The van der Waals surface area contributed by atoms with Gasteiger partial charge in [-0.15, -0.1) is 0 Å². The summed E-state index contributed by atoms with van der Waals surface area (Å²) in [7, 11) is 1.63. The molecule has 0 aliphatic carbocycles. The lowest BCUT2D eigenvalue weighted by molar-refractivity contribution is 0.0970. The third kappa shape index (κ3) is 3.89. The largest absolute Gasteiger partial charge is 0.497 e. The normalized spacial score (nSPS) is 21.5. The van der Waals surface area contributed by atoms with Crippen molar-refractivity contribution >= 4 is 22.9 Å². The molecule has 1 amide bonds. The molecule has 1 atom stereocenters. The number of para-hydroxylation sites is 1. The summed E-state index contributed by atoms with van der Waals surface area (Å²) in [6, 6.07) is 22.7. The van der Waals surface area contributed by atoms with Crippen molar-refractivity contribution in [3.8, 4) is 5.75 Å². The van der Waals surface area contributed by atoms with Gasteiger partial charge in [-0.3, -0.25) is 9.69 Å². The molecule has 2 aliphatic heterocycles. The molecule has 1 unspecified atom stereocenters. The lowest BCUT2D eigenvalue weighted by Crippen LogP contribution is -2.49. The zero-order valence-electron chi connectivity index (χ0n) is 22.4. The summed E-state index contributed by atoms with van der Waals surface area (Å²) in [5.74, 6) is 0.726. The maximum atomic E-state index is 13.8. The van der Waals surface area contributed by atoms with Gasteiger partial charge in [-0.25, -0.2) is 0 Å². The number of amides is 1. The van der Waals surface area contributed by atoms with Crippen molar-refractivity contribution in [2.45, 2.75) is 64.5 Å². The number of nitrogens with one attached hydrogen (secondary N) is 1. The first-order valence-electron chi connectivity index (χ1n) is 12.7. The van der Waals surface area contributed by atoms with Crippen LogP contribution in [-0.4, -0.2) is 24.1 Å². The molecule has 2 heterocycles. The summed E-state index contributed by atoms with van der Waals surface area (Å²) in [6.45, 7) is 13.2. The van der Waals surface area contributed by atoms with E-state index in [4.69, 9.17) is 4.74 Å². The summed E-state index contributed by atoms with van der Waals surface area (Å²) in [5, 5.41) is 3.72. The second-order valence-electron chi connectivity index (χ2n) is 11.6. The Hall–Kier alpha value is -3.53. The molecule has 0 radical (unpaired) electrons. The predicted octanol–water partition coefficient (Wildman–Crippen LogP) is 7.44. The van der Waals surface area contributed by atoms with Crippen LogP contribution in [0, 0.1) is 0 Å². The lowest BCUT2D eigenvalue weighted by Gasteiger charge is -2.47. The van der Waals surface area contributed by atoms with E-state index in [-0.39, 0.29) is 16.9 Å². The van der Waals surface area contributed by atoms with Gasteiger partial charge < -0.3 is 10.1 Å². The van der Waals surface area contributed by atoms with Gasteiger partial charge in [-0.2, -0.15) is 0 Å². The summed E-state index contributed by atoms with van der Waals surface area (Å²) in [5.41, 5.74) is 7.04. The monoisotopic (exact) mass is 480 g/mol. The molecule has 4 heteroatoms. The van der Waals surface area contributed by atoms with Crippen molar-refractivity contribution in [3.05, 3.63) is 95.1 Å². The van der Waals surface area contributed by atoms with E-state index < -0.39 is 5.54 Å². The molecule has 3 aromatic carbocycles. The number of hydrogen-bond donors (Lipinski definition) is 1. The number of rotatable bonds is 3. The standard InChI is InChI=1S/C32H36N2O2/c1-21-19-31(4,5)34(29(35)22-12-15-24(36-7)16-13-22)28-17-14-23(18-25(21)28)32(6)20-30(2,3)33-27-11-9-8-10-26(27)32/h8-19,33H,20H2,1-7H3. The van der Waals surface area contributed by atoms with E-state index in [1.807, 2.05) is 29.2 Å². The van der Waals surface area contributed by atoms with Crippen LogP contribution < -0.4 is 15.0 Å². The maximum Gasteiger partial charge on any atom is 0.259 e. The van der Waals surface area contributed by atoms with Crippen molar-refractivity contribution in [3.63, 3.8) is 0 Å². The van der Waals surface area contributed by atoms with Crippen molar-refractivity contribution in [2.24, 2.45) is 0 Å². The molecule has 0 bridgehead atoms. The molecule has 0 aromatic heterocycles. The topological polar surface area (TPSA) is 41.6 Å². The summed E-state index contributed by atoms with van der Waals surface area (Å²) in [6.07, 6.45) is 3.18. The van der Waals surface area contributed by atoms with Gasteiger partial charge in [0.25, 0.3) is 5.91 Å². The molecule has 4 nitrogen and oxygen atoms in total. The van der Waals surface area contributed by atoms with Crippen LogP contribution in [0.5, 0.6) is 5.75 Å². The number of benzene rings is 3. The number of hydrogen-bond acceptors (Lipinski definition) is 3. The van der Waals surface area contributed by atoms with E-state index in [0.717, 1.165) is 23.4 Å². The van der Waals surface area contributed by atoms with Crippen LogP contribution in [-0.2, 0) is 5.41 Å². The Morgan fingerprint density at radius 3 is 2.33 bits per heavy atom. The molecule has 5 rings (SSSR count). The summed E-state index contributed by atoms with van der Waals surface area (Å²) >= 11 is 0. The summed E-state index contributed by atoms with van der Waals surface area (Å²) in [4.78, 5) is 15.8. The van der Waals surface area contributed by atoms with E-state index >= 15 is 0 Å². The minimum absolute atomic E-state index is 0.0139. The molecule has 186 valence electrons. The summed E-state index contributed by atoms with van der Waals surface area (Å²) < 4.78 is 5.29. The van der Waals surface area contributed by atoms with Crippen LogP contribution in [0.15, 0.2) is 72.8 Å². The third-order valence-corrected chi connectivity index (χ3v) is 7.78. The van der Waals surface area contributed by atoms with Gasteiger partial charge in [-0.05, 0) is 100 Å². The Morgan fingerprint density at radius 2 is 1.64 bits per heavy atom. The van der Waals surface area contributed by atoms with Gasteiger partial charge in [0, 0.05) is 27.8 Å². The zero-order chi connectivity index (χ0) is 25.9. The highest BCUT2D eigenvalue weighted by atomic mass is 16.5. The van der Waals surface area contributed by atoms with E-state index in [0.29, 0.717) is 5.56 Å². The molecule has 3 aromatic rings. The molecule has 36 heavy (non-hydrogen) atoms. The average Bonchev–Trinajstić information content (AvgIpc) is 2.82. The van der Waals surface area contributed by atoms with Crippen LogP contribution >= 0.6 is 0 Å². The van der Waals surface area contributed by atoms with Gasteiger partial charge in [0.15, 0.2) is 0 Å². The van der Waals surface area contributed by atoms with Crippen molar-refractivity contribution in [1.82, 2.24) is 0 Å².